The van der Waals surface area contributed by atoms with E-state index in [9.17, 15) is 4.79 Å². The Bertz CT molecular complexity index is 554. The molecule has 0 spiro atoms. The predicted octanol–water partition coefficient (Wildman–Crippen LogP) is 0.830. The quantitative estimate of drug-likeness (QED) is 0.857. The molecule has 2 aromatic rings. The van der Waals surface area contributed by atoms with Gasteiger partial charge in [0.05, 0.1) is 0 Å². The molecule has 94 valence electrons. The van der Waals surface area contributed by atoms with E-state index in [1.807, 2.05) is 12.1 Å². The fraction of sp³-hybridized carbons (Fsp3) is 0.182. The van der Waals surface area contributed by atoms with Crippen LogP contribution in [0, 0.1) is 0 Å². The number of amides is 1. The molecule has 1 amide bonds. The number of nitrogen functional groups attached to an aromatic ring is 1. The Morgan fingerprint density at radius 2 is 2.33 bits per heavy atom. The van der Waals surface area contributed by atoms with Crippen molar-refractivity contribution in [2.45, 2.75) is 13.1 Å². The molecule has 3 N–H and O–H groups in total. The van der Waals surface area contributed by atoms with E-state index in [1.54, 1.807) is 12.1 Å². The second-order valence-electron chi connectivity index (χ2n) is 3.71. The van der Waals surface area contributed by atoms with Gasteiger partial charge in [-0.2, -0.15) is 0 Å². The summed E-state index contributed by atoms with van der Waals surface area (Å²) in [5.74, 6) is -0.0162. The van der Waals surface area contributed by atoms with E-state index in [1.165, 1.54) is 11.0 Å². The van der Waals surface area contributed by atoms with Crippen LogP contribution in [0.2, 0.25) is 5.02 Å². The number of carbonyl (C=O) groups is 1. The number of halogens is 1. The third-order valence-electron chi connectivity index (χ3n) is 2.24. The summed E-state index contributed by atoms with van der Waals surface area (Å²) in [4.78, 5) is 15.3. The lowest BCUT2D eigenvalue weighted by molar-refractivity contribution is -0.122. The Morgan fingerprint density at radius 1 is 1.50 bits per heavy atom. The molecule has 7 heteroatoms. The molecule has 18 heavy (non-hydrogen) atoms. The predicted molar refractivity (Wildman–Crippen MR) is 67.7 cm³/mol. The van der Waals surface area contributed by atoms with Gasteiger partial charge in [-0.3, -0.25) is 4.79 Å². The molecule has 0 aliphatic carbocycles. The highest BCUT2D eigenvalue weighted by Gasteiger charge is 2.04. The minimum absolute atomic E-state index is 0.0881. The van der Waals surface area contributed by atoms with E-state index in [0.717, 1.165) is 5.56 Å². The summed E-state index contributed by atoms with van der Waals surface area (Å²) >= 11 is 5.84. The SMILES string of the molecule is Nc1ncn(CC(=O)NCc2cccc(Cl)c2)n1. The first-order chi connectivity index (χ1) is 8.63. The molecule has 0 atom stereocenters. The Hall–Kier alpha value is -2.08. The number of anilines is 1. The normalized spacial score (nSPS) is 10.3. The molecule has 6 nitrogen and oxygen atoms in total. The van der Waals surface area contributed by atoms with Crippen LogP contribution in [0.1, 0.15) is 5.56 Å². The molecule has 0 radical (unpaired) electrons. The molecule has 0 aliphatic heterocycles. The maximum atomic E-state index is 11.6. The average molecular weight is 266 g/mol. The number of nitrogens with one attached hydrogen (secondary N) is 1. The van der Waals surface area contributed by atoms with Gasteiger partial charge in [-0.05, 0) is 17.7 Å². The first-order valence-electron chi connectivity index (χ1n) is 5.29. The topological polar surface area (TPSA) is 85.8 Å². The number of hydrogen-bond acceptors (Lipinski definition) is 4. The van der Waals surface area contributed by atoms with Crippen molar-refractivity contribution in [1.29, 1.82) is 0 Å². The summed E-state index contributed by atoms with van der Waals surface area (Å²) in [6.45, 7) is 0.508. The van der Waals surface area contributed by atoms with Crippen molar-refractivity contribution in [3.8, 4) is 0 Å². The van der Waals surface area contributed by atoms with Gasteiger partial charge in [0.25, 0.3) is 0 Å². The third kappa shape index (κ3) is 3.46. The average Bonchev–Trinajstić information content (AvgIpc) is 2.72. The van der Waals surface area contributed by atoms with E-state index < -0.39 is 0 Å². The molecule has 1 heterocycles. The lowest BCUT2D eigenvalue weighted by Gasteiger charge is -2.05. The molecular weight excluding hydrogens is 254 g/mol. The molecule has 0 bridgehead atoms. The van der Waals surface area contributed by atoms with Crippen LogP contribution in [0.15, 0.2) is 30.6 Å². The number of aromatic nitrogens is 3. The lowest BCUT2D eigenvalue weighted by Crippen LogP contribution is -2.27. The van der Waals surface area contributed by atoms with E-state index in [0.29, 0.717) is 11.6 Å². The summed E-state index contributed by atoms with van der Waals surface area (Å²) in [5, 5.41) is 7.22. The number of nitrogens with two attached hydrogens (primary N) is 1. The minimum Gasteiger partial charge on any atom is -0.367 e. The number of rotatable bonds is 4. The van der Waals surface area contributed by atoms with Gasteiger partial charge >= 0.3 is 0 Å². The molecule has 0 aliphatic rings. The highest BCUT2D eigenvalue weighted by molar-refractivity contribution is 6.30. The Morgan fingerprint density at radius 3 is 3.00 bits per heavy atom. The maximum Gasteiger partial charge on any atom is 0.242 e. The largest absolute Gasteiger partial charge is 0.367 e. The Balaban J connectivity index is 1.85. The number of nitrogens with zero attached hydrogens (tertiary/aromatic N) is 3. The van der Waals surface area contributed by atoms with Crippen molar-refractivity contribution in [2.24, 2.45) is 0 Å². The van der Waals surface area contributed by atoms with Crippen molar-refractivity contribution in [3.05, 3.63) is 41.2 Å². The van der Waals surface area contributed by atoms with Gasteiger partial charge in [-0.15, -0.1) is 5.10 Å². The van der Waals surface area contributed by atoms with Crippen LogP contribution in [0.4, 0.5) is 5.95 Å². The van der Waals surface area contributed by atoms with E-state index in [-0.39, 0.29) is 18.4 Å². The van der Waals surface area contributed by atoms with Crippen molar-refractivity contribution in [3.63, 3.8) is 0 Å². The van der Waals surface area contributed by atoms with Gasteiger partial charge < -0.3 is 11.1 Å². The van der Waals surface area contributed by atoms with Gasteiger partial charge in [-0.1, -0.05) is 23.7 Å². The summed E-state index contributed by atoms with van der Waals surface area (Å²) in [7, 11) is 0. The maximum absolute atomic E-state index is 11.6. The molecule has 0 saturated carbocycles. The Kier molecular flexibility index (Phi) is 3.78. The second kappa shape index (κ2) is 5.50. The molecule has 1 aromatic carbocycles. The van der Waals surface area contributed by atoms with Crippen molar-refractivity contribution >= 4 is 23.5 Å². The van der Waals surface area contributed by atoms with Crippen LogP contribution in [0.5, 0.6) is 0 Å². The molecule has 2 rings (SSSR count). The standard InChI is InChI=1S/C11H12ClN5O/c12-9-3-1-2-8(4-9)5-14-10(18)6-17-7-15-11(13)16-17/h1-4,7H,5-6H2,(H2,13,16)(H,14,18). The fourth-order valence-corrected chi connectivity index (χ4v) is 1.65. The van der Waals surface area contributed by atoms with Crippen LogP contribution in [-0.4, -0.2) is 20.7 Å². The molecule has 0 saturated heterocycles. The van der Waals surface area contributed by atoms with Gasteiger partial charge in [0, 0.05) is 11.6 Å². The van der Waals surface area contributed by atoms with Crippen LogP contribution >= 0.6 is 11.6 Å². The molecular formula is C11H12ClN5O. The van der Waals surface area contributed by atoms with Gasteiger partial charge in [-0.25, -0.2) is 9.67 Å². The highest BCUT2D eigenvalue weighted by Crippen LogP contribution is 2.10. The zero-order valence-corrected chi connectivity index (χ0v) is 10.3. The molecule has 0 fully saturated rings. The lowest BCUT2D eigenvalue weighted by atomic mass is 10.2. The van der Waals surface area contributed by atoms with Gasteiger partial charge in [0.1, 0.15) is 12.9 Å². The van der Waals surface area contributed by atoms with Crippen molar-refractivity contribution < 1.29 is 4.79 Å². The molecule has 0 unspecified atom stereocenters. The Labute approximate surface area is 109 Å². The summed E-state index contributed by atoms with van der Waals surface area (Å²) in [6, 6.07) is 7.31. The summed E-state index contributed by atoms with van der Waals surface area (Å²) < 4.78 is 1.38. The summed E-state index contributed by atoms with van der Waals surface area (Å²) in [6.07, 6.45) is 1.41. The van der Waals surface area contributed by atoms with Crippen LogP contribution in [-0.2, 0) is 17.9 Å². The monoisotopic (exact) mass is 265 g/mol. The number of carbonyl (C=O) groups excluding carboxylic acids is 1. The first kappa shape index (κ1) is 12.4. The van der Waals surface area contributed by atoms with E-state index in [2.05, 4.69) is 15.4 Å². The van der Waals surface area contributed by atoms with E-state index in [4.69, 9.17) is 17.3 Å². The smallest absolute Gasteiger partial charge is 0.242 e. The zero-order valence-electron chi connectivity index (χ0n) is 9.51. The van der Waals surface area contributed by atoms with Gasteiger partial charge in [0.15, 0.2) is 0 Å². The van der Waals surface area contributed by atoms with Crippen LogP contribution < -0.4 is 11.1 Å². The number of benzene rings is 1. The first-order valence-corrected chi connectivity index (χ1v) is 5.67. The van der Waals surface area contributed by atoms with Crippen LogP contribution in [0.3, 0.4) is 0 Å². The van der Waals surface area contributed by atoms with Crippen molar-refractivity contribution in [2.75, 3.05) is 5.73 Å². The molecule has 1 aromatic heterocycles. The second-order valence-corrected chi connectivity index (χ2v) is 4.14. The third-order valence-corrected chi connectivity index (χ3v) is 2.47. The van der Waals surface area contributed by atoms with Gasteiger partial charge in [0.2, 0.25) is 11.9 Å². The highest BCUT2D eigenvalue weighted by atomic mass is 35.5. The zero-order chi connectivity index (χ0) is 13.0. The van der Waals surface area contributed by atoms with E-state index >= 15 is 0 Å². The fourth-order valence-electron chi connectivity index (χ4n) is 1.44. The minimum atomic E-state index is -0.167. The number of hydrogen-bond donors (Lipinski definition) is 2. The van der Waals surface area contributed by atoms with Crippen molar-refractivity contribution in [1.82, 2.24) is 20.1 Å². The van der Waals surface area contributed by atoms with Crippen LogP contribution in [0.25, 0.3) is 0 Å². The summed E-state index contributed by atoms with van der Waals surface area (Å²) in [5.41, 5.74) is 6.29.